The van der Waals surface area contributed by atoms with Crippen molar-refractivity contribution in [2.75, 3.05) is 60.3 Å². The first kappa shape index (κ1) is 78.3. The summed E-state index contributed by atoms with van der Waals surface area (Å²) in [6.45, 7) is 19.3. The minimum Gasteiger partial charge on any atom is -0.445 e. The second-order valence-electron chi connectivity index (χ2n) is 25.3. The van der Waals surface area contributed by atoms with E-state index in [2.05, 4.69) is 37.2 Å². The number of anilines is 1. The van der Waals surface area contributed by atoms with Gasteiger partial charge in [0.25, 0.3) is 0 Å². The van der Waals surface area contributed by atoms with Crippen LogP contribution in [0.2, 0.25) is 0 Å². The summed E-state index contributed by atoms with van der Waals surface area (Å²) in [4.78, 5) is 128. The van der Waals surface area contributed by atoms with Crippen molar-refractivity contribution < 1.29 is 62.5 Å². The molecule has 0 spiro atoms. The van der Waals surface area contributed by atoms with Crippen LogP contribution in [0.3, 0.4) is 0 Å². The molecule has 25 nitrogen and oxygen atoms in total. The van der Waals surface area contributed by atoms with Crippen LogP contribution < -0.4 is 48.7 Å². The fourth-order valence-electron chi connectivity index (χ4n) is 11.8. The molecule has 0 aromatic heterocycles. The number of methoxy groups -OCH3 is 2. The van der Waals surface area contributed by atoms with Gasteiger partial charge in [-0.3, -0.25) is 38.5 Å². The second kappa shape index (κ2) is 39.5. The van der Waals surface area contributed by atoms with Crippen LogP contribution in [0.5, 0.6) is 0 Å². The van der Waals surface area contributed by atoms with E-state index in [0.717, 1.165) is 6.42 Å². The summed E-state index contributed by atoms with van der Waals surface area (Å²) in [5.74, 6) is -4.69. The minimum atomic E-state index is -1.08. The molecule has 0 aliphatic carbocycles. The van der Waals surface area contributed by atoms with Crippen LogP contribution in [0.15, 0.2) is 54.6 Å². The number of likely N-dealkylation sites (N-methyl/N-ethyl adjacent to an activating group) is 3. The Morgan fingerprint density at radius 2 is 1.35 bits per heavy atom. The number of urea groups is 1. The van der Waals surface area contributed by atoms with Gasteiger partial charge in [0.05, 0.1) is 54.8 Å². The molecule has 2 aromatic carbocycles. The van der Waals surface area contributed by atoms with E-state index in [0.29, 0.717) is 68.4 Å². The normalized spacial score (nSPS) is 17.2. The number of carbonyl (C=O) groups excluding carboxylic acids is 9. The van der Waals surface area contributed by atoms with Crippen LogP contribution in [0, 0.1) is 29.6 Å². The zero-order valence-electron chi connectivity index (χ0n) is 56.7. The SMILES string of the molecule is CC[C@H](C)[C@@H]([C@@H](CC(=O)N1CCC[C@H]1[C@H](OC)[C@@H](C)C(=O)N[C@H](C)[C@@H](O)c1ccccc1)OC)N(C)C(=O)[C@@H](NC(=O)[C@H](C(C)C)N(C)C(=O)OCc1ccc(NC(=O)[C@H](CCCNC(N)=O)NC(=O)[C@H](CC(C)C)NC(=O)[C@H](CCCCN)NC)cc1)C(C)C. The van der Waals surface area contributed by atoms with Gasteiger partial charge in [-0.1, -0.05) is 118 Å². The lowest BCUT2D eigenvalue weighted by Gasteiger charge is -2.41. The first-order valence-electron chi connectivity index (χ1n) is 32.3. The van der Waals surface area contributed by atoms with Crippen molar-refractivity contribution in [3.05, 3.63) is 65.7 Å². The highest BCUT2D eigenvalue weighted by atomic mass is 16.6. The molecule has 1 heterocycles. The monoisotopic (exact) mass is 1280 g/mol. The number of aliphatic hydroxyl groups excluding tert-OH is 1. The molecular weight excluding hydrogens is 1170 g/mol. The van der Waals surface area contributed by atoms with Crippen molar-refractivity contribution in [2.45, 2.75) is 207 Å². The highest BCUT2D eigenvalue weighted by Gasteiger charge is 2.44. The van der Waals surface area contributed by atoms with Crippen LogP contribution in [0.4, 0.5) is 15.3 Å². The van der Waals surface area contributed by atoms with Crippen LogP contribution in [-0.4, -0.2) is 189 Å². The van der Waals surface area contributed by atoms with Crippen molar-refractivity contribution in [2.24, 2.45) is 41.1 Å². The number of likely N-dealkylation sites (tertiary alicyclic amines) is 1. The summed E-state index contributed by atoms with van der Waals surface area (Å²) in [6, 6.07) is 8.45. The van der Waals surface area contributed by atoms with Gasteiger partial charge in [-0.15, -0.1) is 0 Å². The number of nitrogens with two attached hydrogens (primary N) is 2. The number of unbranched alkanes of at least 4 members (excludes halogenated alkanes) is 1. The van der Waals surface area contributed by atoms with Crippen molar-refractivity contribution in [1.29, 1.82) is 0 Å². The van der Waals surface area contributed by atoms with Gasteiger partial charge in [-0.2, -0.15) is 0 Å². The molecule has 91 heavy (non-hydrogen) atoms. The Morgan fingerprint density at radius 1 is 0.725 bits per heavy atom. The van der Waals surface area contributed by atoms with Gasteiger partial charge in [0.2, 0.25) is 41.4 Å². The Hall–Kier alpha value is -6.93. The average Bonchev–Trinajstić information content (AvgIpc) is 1.92. The molecule has 1 saturated heterocycles. The van der Waals surface area contributed by atoms with E-state index in [-0.39, 0.29) is 62.0 Å². The largest absolute Gasteiger partial charge is 0.445 e. The molecule has 0 unspecified atom stereocenters. The molecule has 0 saturated carbocycles. The van der Waals surface area contributed by atoms with Gasteiger partial charge >= 0.3 is 12.1 Å². The van der Waals surface area contributed by atoms with Crippen LogP contribution >= 0.6 is 0 Å². The third-order valence-corrected chi connectivity index (χ3v) is 17.2. The predicted molar refractivity (Wildman–Crippen MR) is 349 cm³/mol. The van der Waals surface area contributed by atoms with Gasteiger partial charge in [0.1, 0.15) is 30.8 Å². The first-order valence-corrected chi connectivity index (χ1v) is 32.3. The quantitative estimate of drug-likeness (QED) is 0.0406. The van der Waals surface area contributed by atoms with Crippen molar-refractivity contribution in [3.8, 4) is 0 Å². The molecule has 25 heteroatoms. The lowest BCUT2D eigenvalue weighted by molar-refractivity contribution is -0.148. The number of aliphatic hydroxyl groups is 1. The van der Waals surface area contributed by atoms with Crippen LogP contribution in [-0.2, 0) is 54.4 Å². The topological polar surface area (TPSA) is 348 Å². The van der Waals surface area contributed by atoms with Gasteiger partial charge < -0.3 is 77.8 Å². The third kappa shape index (κ3) is 24.2. The summed E-state index contributed by atoms with van der Waals surface area (Å²) in [5.41, 5.74) is 12.5. The fraction of sp³-hybridized carbons (Fsp3) is 0.682. The minimum absolute atomic E-state index is 0.0130. The van der Waals surface area contributed by atoms with E-state index in [1.807, 2.05) is 59.7 Å². The van der Waals surface area contributed by atoms with Gasteiger partial charge in [0, 0.05) is 47.1 Å². The zero-order chi connectivity index (χ0) is 68.2. The van der Waals surface area contributed by atoms with Gasteiger partial charge in [0.15, 0.2) is 0 Å². The van der Waals surface area contributed by atoms with Crippen molar-refractivity contribution in [1.82, 2.24) is 46.6 Å². The Morgan fingerprint density at radius 3 is 1.91 bits per heavy atom. The maximum atomic E-state index is 14.8. The van der Waals surface area contributed by atoms with E-state index in [4.69, 9.17) is 25.7 Å². The Kier molecular flexibility index (Phi) is 34.0. The number of primary amides is 1. The molecule has 2 aromatic rings. The smallest absolute Gasteiger partial charge is 0.410 e. The van der Waals surface area contributed by atoms with E-state index in [1.165, 1.54) is 26.2 Å². The number of carbonyl (C=O) groups is 9. The molecule has 3 rings (SSSR count). The first-order chi connectivity index (χ1) is 43.1. The summed E-state index contributed by atoms with van der Waals surface area (Å²) in [6.07, 6.45) is 1.33. The zero-order valence-corrected chi connectivity index (χ0v) is 56.7. The van der Waals surface area contributed by atoms with E-state index in [1.54, 1.807) is 88.0 Å². The maximum absolute atomic E-state index is 14.8. The van der Waals surface area contributed by atoms with Crippen LogP contribution in [0.25, 0.3) is 0 Å². The number of hydrogen-bond donors (Lipinski definition) is 10. The Bertz CT molecular complexity index is 2610. The van der Waals surface area contributed by atoms with E-state index >= 15 is 0 Å². The number of rotatable bonds is 39. The molecule has 12 N–H and O–H groups in total. The molecule has 13 atom stereocenters. The number of amides is 10. The summed E-state index contributed by atoms with van der Waals surface area (Å²) < 4.78 is 17.8. The third-order valence-electron chi connectivity index (χ3n) is 17.2. The lowest BCUT2D eigenvalue weighted by atomic mass is 9.89. The predicted octanol–water partition coefficient (Wildman–Crippen LogP) is 4.70. The molecule has 0 bridgehead atoms. The number of ether oxygens (including phenoxy) is 3. The molecule has 1 aliphatic rings. The highest BCUT2D eigenvalue weighted by Crippen LogP contribution is 2.31. The summed E-state index contributed by atoms with van der Waals surface area (Å²) >= 11 is 0. The number of hydrogen-bond acceptors (Lipinski definition) is 15. The fourth-order valence-corrected chi connectivity index (χ4v) is 11.8. The van der Waals surface area contributed by atoms with Crippen molar-refractivity contribution in [3.63, 3.8) is 0 Å². The Labute approximate surface area is 540 Å². The molecule has 10 amide bonds. The van der Waals surface area contributed by atoms with Crippen molar-refractivity contribution >= 4 is 59.2 Å². The average molecular weight is 1280 g/mol. The van der Waals surface area contributed by atoms with E-state index < -0.39 is 120 Å². The lowest BCUT2D eigenvalue weighted by Crippen LogP contribution is -2.60. The van der Waals surface area contributed by atoms with E-state index in [9.17, 15) is 48.3 Å². The molecule has 512 valence electrons. The second-order valence-corrected chi connectivity index (χ2v) is 25.3. The number of nitrogens with one attached hydrogen (secondary N) is 7. The molecular formula is C66H110N12O13. The summed E-state index contributed by atoms with van der Waals surface area (Å²) in [5, 5.41) is 30.8. The Balaban J connectivity index is 1.72. The molecule has 1 fully saturated rings. The molecule has 1 aliphatic heterocycles. The standard InChI is InChI=1S/C66H110N12O13/c1-16-42(8)56(52(89-14)37-53(79)78-35-23-28-51(78)58(90-15)43(9)59(81)71-44(10)57(80)46-24-18-17-19-25-46)76(12)64(86)54(40(4)5)75-63(85)55(41(6)7)77(13)66(88)91-38-45-29-31-47(32-30-45)72-61(83)49(27-22-34-70-65(68)87)73-62(84)50(36-39(2)3)74-60(82)48(69-11)26-20-21-33-67/h17-19,24-25,29-32,39-44,48-52,54-58,69,80H,16,20-23,26-28,33-38,67H2,1-15H3,(H,71,81)(H,72,83)(H,73,84)(H,74,82)(H,75,85)(H3,68,70,87)/t42-,43+,44+,48-,49-,50-,51-,52+,54-,55-,56-,57+,58+/m0/s1. The van der Waals surface area contributed by atoms with Gasteiger partial charge in [-0.05, 0) is 112 Å². The van der Waals surface area contributed by atoms with Crippen LogP contribution in [0.1, 0.15) is 151 Å². The highest BCUT2D eigenvalue weighted by molar-refractivity contribution is 5.99. The number of nitrogens with zero attached hydrogens (tertiary/aromatic N) is 3. The molecule has 0 radical (unpaired) electrons. The maximum Gasteiger partial charge on any atom is 0.410 e. The number of benzene rings is 2. The summed E-state index contributed by atoms with van der Waals surface area (Å²) in [7, 11) is 7.78. The van der Waals surface area contributed by atoms with Gasteiger partial charge in [-0.25, -0.2) is 9.59 Å².